The van der Waals surface area contributed by atoms with Gasteiger partial charge < -0.3 is 15.0 Å². The first-order chi connectivity index (χ1) is 10.7. The molecule has 0 saturated carbocycles. The van der Waals surface area contributed by atoms with Crippen LogP contribution in [0, 0.1) is 6.92 Å². The van der Waals surface area contributed by atoms with Crippen molar-refractivity contribution in [1.29, 1.82) is 0 Å². The van der Waals surface area contributed by atoms with Crippen LogP contribution in [0.25, 0.3) is 0 Å². The van der Waals surface area contributed by atoms with Gasteiger partial charge in [-0.1, -0.05) is 22.8 Å². The highest BCUT2D eigenvalue weighted by Crippen LogP contribution is 2.32. The number of halogens is 4. The van der Waals surface area contributed by atoms with Gasteiger partial charge in [0.15, 0.2) is 17.4 Å². The number of hydrogen-bond acceptors (Lipinski definition) is 5. The number of benzene rings is 1. The number of oxime groups is 1. The maximum Gasteiger partial charge on any atom is 0.452 e. The smallest absolute Gasteiger partial charge is 0.436 e. The molecule has 10 heteroatoms. The third-order valence-corrected chi connectivity index (χ3v) is 2.76. The number of aromatic nitrogens is 1. The monoisotopic (exact) mass is 347 g/mol. The molecule has 0 aliphatic rings. The van der Waals surface area contributed by atoms with Crippen molar-refractivity contribution in [2.45, 2.75) is 13.1 Å². The first-order valence-electron chi connectivity index (χ1n) is 6.04. The molecular weight excluding hydrogens is 339 g/mol. The van der Waals surface area contributed by atoms with Gasteiger partial charge in [0.1, 0.15) is 0 Å². The van der Waals surface area contributed by atoms with Crippen LogP contribution in [0.15, 0.2) is 33.8 Å². The van der Waals surface area contributed by atoms with Crippen molar-refractivity contribution in [2.24, 2.45) is 10.9 Å². The number of oxazole rings is 1. The molecule has 122 valence electrons. The molecule has 2 aromatic rings. The van der Waals surface area contributed by atoms with Gasteiger partial charge in [0.05, 0.1) is 5.56 Å². The summed E-state index contributed by atoms with van der Waals surface area (Å²) in [5, 5.41) is 3.45. The molecule has 6 nitrogen and oxygen atoms in total. The fourth-order valence-electron chi connectivity index (χ4n) is 1.59. The Kier molecular flexibility index (Phi) is 4.60. The Balaban J connectivity index is 2.22. The topological polar surface area (TPSA) is 90.7 Å². The van der Waals surface area contributed by atoms with E-state index in [4.69, 9.17) is 17.3 Å². The lowest BCUT2D eigenvalue weighted by atomic mass is 10.2. The maximum absolute atomic E-state index is 12.8. The summed E-state index contributed by atoms with van der Waals surface area (Å²) in [6, 6.07) is 5.72. The molecule has 0 amide bonds. The van der Waals surface area contributed by atoms with Crippen LogP contribution in [0.1, 0.15) is 27.7 Å². The Bertz CT molecular complexity index is 771. The van der Waals surface area contributed by atoms with Crippen molar-refractivity contribution < 1.29 is 27.2 Å². The van der Waals surface area contributed by atoms with Crippen molar-refractivity contribution in [1.82, 2.24) is 4.98 Å². The summed E-state index contributed by atoms with van der Waals surface area (Å²) in [4.78, 5) is 19.7. The van der Waals surface area contributed by atoms with Crippen LogP contribution in [0.2, 0.25) is 5.02 Å². The third-order valence-electron chi connectivity index (χ3n) is 2.52. The number of nitrogens with zero attached hydrogens (tertiary/aromatic N) is 2. The first kappa shape index (κ1) is 16.8. The summed E-state index contributed by atoms with van der Waals surface area (Å²) in [6.45, 7) is 1.21. The summed E-state index contributed by atoms with van der Waals surface area (Å²) in [6.07, 6.45) is -4.81. The first-order valence-corrected chi connectivity index (χ1v) is 6.41. The van der Waals surface area contributed by atoms with E-state index in [-0.39, 0.29) is 16.5 Å². The second kappa shape index (κ2) is 6.29. The molecule has 23 heavy (non-hydrogen) atoms. The zero-order valence-corrected chi connectivity index (χ0v) is 12.3. The van der Waals surface area contributed by atoms with Crippen LogP contribution in [-0.4, -0.2) is 16.8 Å². The van der Waals surface area contributed by atoms with Gasteiger partial charge in [0, 0.05) is 11.9 Å². The van der Waals surface area contributed by atoms with E-state index in [0.717, 1.165) is 0 Å². The fourth-order valence-corrected chi connectivity index (χ4v) is 1.79. The summed E-state index contributed by atoms with van der Waals surface area (Å²) >= 11 is 5.71. The number of amidine groups is 1. The lowest BCUT2D eigenvalue weighted by Crippen LogP contribution is -2.20. The minimum absolute atomic E-state index is 0.0569. The van der Waals surface area contributed by atoms with Gasteiger partial charge in [-0.05, 0) is 18.2 Å². The van der Waals surface area contributed by atoms with Gasteiger partial charge in [-0.15, -0.1) is 0 Å². The summed E-state index contributed by atoms with van der Waals surface area (Å²) in [7, 11) is 0. The molecule has 2 rings (SSSR count). The second-order valence-electron chi connectivity index (χ2n) is 4.27. The molecule has 0 saturated heterocycles. The lowest BCUT2D eigenvalue weighted by Gasteiger charge is -2.04. The van der Waals surface area contributed by atoms with Crippen LogP contribution in [0.5, 0.6) is 0 Å². The number of carbonyl (C=O) groups is 1. The molecule has 0 atom stereocenters. The fraction of sp³-hybridized carbons (Fsp3) is 0.154. The van der Waals surface area contributed by atoms with Crippen LogP contribution in [0.3, 0.4) is 0 Å². The standard InChI is InChI=1S/C13H9ClF3N3O3/c1-6-19-9(10(22-6)13(15,16)17)11(18)20-23-12(21)7-3-2-4-8(14)5-7/h2-5H,1H3,(H2,18,20). The normalized spacial score (nSPS) is 12.3. The summed E-state index contributed by atoms with van der Waals surface area (Å²) < 4.78 is 42.7. The quantitative estimate of drug-likeness (QED) is 0.398. The number of alkyl halides is 3. The van der Waals surface area contributed by atoms with E-state index in [9.17, 15) is 18.0 Å². The Hall–Kier alpha value is -2.55. The lowest BCUT2D eigenvalue weighted by molar-refractivity contribution is -0.153. The van der Waals surface area contributed by atoms with Crippen molar-refractivity contribution in [3.05, 3.63) is 52.2 Å². The number of hydrogen-bond donors (Lipinski definition) is 1. The molecule has 0 fully saturated rings. The molecule has 2 N–H and O–H groups in total. The predicted molar refractivity (Wildman–Crippen MR) is 73.8 cm³/mol. The maximum atomic E-state index is 12.8. The Labute approximate surface area is 132 Å². The number of nitrogens with two attached hydrogens (primary N) is 1. The van der Waals surface area contributed by atoms with E-state index in [1.165, 1.54) is 31.2 Å². The van der Waals surface area contributed by atoms with E-state index in [1.807, 2.05) is 0 Å². The average Bonchev–Trinajstić information content (AvgIpc) is 2.86. The van der Waals surface area contributed by atoms with Crippen LogP contribution in [-0.2, 0) is 11.0 Å². The highest BCUT2D eigenvalue weighted by Gasteiger charge is 2.40. The molecular formula is C13H9ClF3N3O3. The summed E-state index contributed by atoms with van der Waals surface area (Å²) in [5.41, 5.74) is 4.69. The number of rotatable bonds is 3. The van der Waals surface area contributed by atoms with Gasteiger partial charge in [-0.2, -0.15) is 13.2 Å². The molecule has 1 heterocycles. The molecule has 1 aromatic heterocycles. The zero-order chi connectivity index (χ0) is 17.2. The van der Waals surface area contributed by atoms with Crippen molar-refractivity contribution in [2.75, 3.05) is 0 Å². The number of carbonyl (C=O) groups excluding carboxylic acids is 1. The Morgan fingerprint density at radius 3 is 2.74 bits per heavy atom. The van der Waals surface area contributed by atoms with Gasteiger partial charge in [0.2, 0.25) is 5.76 Å². The largest absolute Gasteiger partial charge is 0.452 e. The molecule has 0 radical (unpaired) electrons. The van der Waals surface area contributed by atoms with E-state index < -0.39 is 29.4 Å². The summed E-state index contributed by atoms with van der Waals surface area (Å²) in [5.74, 6) is -3.37. The molecule has 0 aliphatic carbocycles. The molecule has 1 aromatic carbocycles. The van der Waals surface area contributed by atoms with E-state index in [0.29, 0.717) is 0 Å². The van der Waals surface area contributed by atoms with Gasteiger partial charge in [0.25, 0.3) is 0 Å². The predicted octanol–water partition coefficient (Wildman–Crippen LogP) is 3.13. The Morgan fingerprint density at radius 2 is 2.13 bits per heavy atom. The minimum atomic E-state index is -4.81. The van der Waals surface area contributed by atoms with Crippen molar-refractivity contribution >= 4 is 23.4 Å². The minimum Gasteiger partial charge on any atom is -0.436 e. The number of aryl methyl sites for hydroxylation is 1. The van der Waals surface area contributed by atoms with Gasteiger partial charge >= 0.3 is 12.1 Å². The highest BCUT2D eigenvalue weighted by atomic mass is 35.5. The third kappa shape index (κ3) is 4.01. The molecule has 0 aliphatic heterocycles. The zero-order valence-electron chi connectivity index (χ0n) is 11.5. The van der Waals surface area contributed by atoms with Crippen LogP contribution >= 0.6 is 11.6 Å². The Morgan fingerprint density at radius 1 is 1.43 bits per heavy atom. The molecule has 0 spiro atoms. The van der Waals surface area contributed by atoms with E-state index >= 15 is 0 Å². The molecule has 0 bridgehead atoms. The van der Waals surface area contributed by atoms with Gasteiger partial charge in [-0.25, -0.2) is 9.78 Å². The van der Waals surface area contributed by atoms with Gasteiger partial charge in [-0.3, -0.25) is 0 Å². The van der Waals surface area contributed by atoms with Crippen molar-refractivity contribution in [3.8, 4) is 0 Å². The average molecular weight is 348 g/mol. The van der Waals surface area contributed by atoms with E-state index in [1.54, 1.807) is 0 Å². The second-order valence-corrected chi connectivity index (χ2v) is 4.71. The highest BCUT2D eigenvalue weighted by molar-refractivity contribution is 6.30. The van der Waals surface area contributed by atoms with Crippen molar-refractivity contribution in [3.63, 3.8) is 0 Å². The van der Waals surface area contributed by atoms with Crippen LogP contribution in [0.4, 0.5) is 13.2 Å². The van der Waals surface area contributed by atoms with E-state index in [2.05, 4.69) is 19.4 Å². The SMILES string of the molecule is Cc1nc(/C(N)=N/OC(=O)c2cccc(Cl)c2)c(C(F)(F)F)o1. The van der Waals surface area contributed by atoms with Crippen LogP contribution < -0.4 is 5.73 Å². The molecule has 0 unspecified atom stereocenters.